The maximum Gasteiger partial charge on any atom is 0.311 e. The molecule has 8 heteroatoms. The van der Waals surface area contributed by atoms with Crippen LogP contribution in [0.25, 0.3) is 0 Å². The lowest BCUT2D eigenvalue weighted by molar-refractivity contribution is -0.385. The molecule has 1 aliphatic rings. The molecule has 1 fully saturated rings. The van der Waals surface area contributed by atoms with Gasteiger partial charge in [0.05, 0.1) is 24.3 Å². The Kier molecular flexibility index (Phi) is 4.97. The highest BCUT2D eigenvalue weighted by Gasteiger charge is 2.21. The van der Waals surface area contributed by atoms with Crippen LogP contribution in [0.1, 0.15) is 48.5 Å². The lowest BCUT2D eigenvalue weighted by Crippen LogP contribution is -2.20. The monoisotopic (exact) mass is 344 g/mol. The first kappa shape index (κ1) is 16.9. The number of rotatable bonds is 5. The number of methoxy groups -OCH3 is 1. The highest BCUT2D eigenvalue weighted by molar-refractivity contribution is 6.04. The quantitative estimate of drug-likeness (QED) is 0.660. The van der Waals surface area contributed by atoms with Gasteiger partial charge in [-0.15, -0.1) is 0 Å². The van der Waals surface area contributed by atoms with Crippen molar-refractivity contribution in [2.45, 2.75) is 38.1 Å². The van der Waals surface area contributed by atoms with E-state index < -0.39 is 10.8 Å². The van der Waals surface area contributed by atoms with Crippen molar-refractivity contribution in [2.24, 2.45) is 0 Å². The predicted molar refractivity (Wildman–Crippen MR) is 92.0 cm³/mol. The number of anilines is 1. The summed E-state index contributed by atoms with van der Waals surface area (Å²) in [6.07, 6.45) is 7.28. The molecule has 0 radical (unpaired) electrons. The van der Waals surface area contributed by atoms with Gasteiger partial charge in [0.25, 0.3) is 5.91 Å². The number of hydrogen-bond donors (Lipinski definition) is 1. The van der Waals surface area contributed by atoms with E-state index in [1.165, 1.54) is 31.7 Å². The van der Waals surface area contributed by atoms with Gasteiger partial charge in [0.2, 0.25) is 0 Å². The van der Waals surface area contributed by atoms with Crippen molar-refractivity contribution in [3.8, 4) is 5.75 Å². The molecule has 0 spiro atoms. The molecule has 0 unspecified atom stereocenters. The van der Waals surface area contributed by atoms with E-state index in [-0.39, 0.29) is 23.0 Å². The minimum Gasteiger partial charge on any atom is -0.490 e. The third-order valence-corrected chi connectivity index (χ3v) is 4.47. The standard InChI is InChI=1S/C17H20N4O4/c1-25-15-8-7-12(11-14(15)21(23)24)17(22)19-16-9-10-18-20(16)13-5-3-2-4-6-13/h7-11,13H,2-6H2,1H3,(H,19,22). The van der Waals surface area contributed by atoms with Gasteiger partial charge < -0.3 is 10.1 Å². The summed E-state index contributed by atoms with van der Waals surface area (Å²) in [5, 5.41) is 18.3. The van der Waals surface area contributed by atoms with Gasteiger partial charge in [-0.1, -0.05) is 19.3 Å². The molecule has 1 heterocycles. The van der Waals surface area contributed by atoms with Gasteiger partial charge in [0, 0.05) is 17.7 Å². The Labute approximate surface area is 144 Å². The van der Waals surface area contributed by atoms with Crippen molar-refractivity contribution >= 4 is 17.4 Å². The summed E-state index contributed by atoms with van der Waals surface area (Å²) < 4.78 is 6.80. The summed E-state index contributed by atoms with van der Waals surface area (Å²) in [5.74, 6) is 0.312. The van der Waals surface area contributed by atoms with Crippen LogP contribution >= 0.6 is 0 Å². The molecule has 1 aromatic heterocycles. The van der Waals surface area contributed by atoms with E-state index in [1.54, 1.807) is 12.3 Å². The van der Waals surface area contributed by atoms with Crippen molar-refractivity contribution < 1.29 is 14.5 Å². The van der Waals surface area contributed by atoms with E-state index in [4.69, 9.17) is 4.74 Å². The first-order valence-corrected chi connectivity index (χ1v) is 8.27. The fraction of sp³-hybridized carbons (Fsp3) is 0.412. The Morgan fingerprint density at radius 1 is 1.32 bits per heavy atom. The number of carbonyl (C=O) groups excluding carboxylic acids is 1. The van der Waals surface area contributed by atoms with Gasteiger partial charge in [-0.3, -0.25) is 14.9 Å². The Hall–Kier alpha value is -2.90. The number of benzene rings is 1. The molecule has 2 aromatic rings. The van der Waals surface area contributed by atoms with Gasteiger partial charge in [-0.25, -0.2) is 4.68 Å². The van der Waals surface area contributed by atoms with E-state index in [9.17, 15) is 14.9 Å². The van der Waals surface area contributed by atoms with E-state index in [2.05, 4.69) is 10.4 Å². The molecule has 1 saturated carbocycles. The third-order valence-electron chi connectivity index (χ3n) is 4.47. The number of aromatic nitrogens is 2. The molecule has 1 N–H and O–H groups in total. The Morgan fingerprint density at radius 3 is 2.76 bits per heavy atom. The summed E-state index contributed by atoms with van der Waals surface area (Å²) in [6, 6.07) is 6.16. The smallest absolute Gasteiger partial charge is 0.311 e. The highest BCUT2D eigenvalue weighted by atomic mass is 16.6. The Bertz CT molecular complexity index is 781. The van der Waals surface area contributed by atoms with Crippen LogP contribution in [0.15, 0.2) is 30.5 Å². The maximum absolute atomic E-state index is 12.5. The molecule has 0 aliphatic heterocycles. The van der Waals surface area contributed by atoms with Crippen LogP contribution in [0.3, 0.4) is 0 Å². The second kappa shape index (κ2) is 7.33. The topological polar surface area (TPSA) is 99.3 Å². The number of nitrogens with one attached hydrogen (secondary N) is 1. The van der Waals surface area contributed by atoms with Crippen LogP contribution in [0, 0.1) is 10.1 Å². The van der Waals surface area contributed by atoms with Gasteiger partial charge >= 0.3 is 5.69 Å². The molecular formula is C17H20N4O4. The van der Waals surface area contributed by atoms with Crippen molar-refractivity contribution in [1.82, 2.24) is 9.78 Å². The van der Waals surface area contributed by atoms with Crippen molar-refractivity contribution in [3.05, 3.63) is 46.1 Å². The maximum atomic E-state index is 12.5. The van der Waals surface area contributed by atoms with Gasteiger partial charge in [-0.2, -0.15) is 5.10 Å². The Balaban J connectivity index is 1.80. The summed E-state index contributed by atoms with van der Waals surface area (Å²) >= 11 is 0. The lowest BCUT2D eigenvalue weighted by Gasteiger charge is -2.23. The average molecular weight is 344 g/mol. The van der Waals surface area contributed by atoms with E-state index in [1.807, 2.05) is 4.68 Å². The molecule has 0 atom stereocenters. The first-order valence-electron chi connectivity index (χ1n) is 8.27. The van der Waals surface area contributed by atoms with Crippen molar-refractivity contribution in [1.29, 1.82) is 0 Å². The van der Waals surface area contributed by atoms with Crippen LogP contribution in [-0.4, -0.2) is 27.7 Å². The van der Waals surface area contributed by atoms with Crippen LogP contribution in [0.4, 0.5) is 11.5 Å². The van der Waals surface area contributed by atoms with E-state index in [0.29, 0.717) is 5.82 Å². The number of ether oxygens (including phenoxy) is 1. The Morgan fingerprint density at radius 2 is 2.08 bits per heavy atom. The second-order valence-electron chi connectivity index (χ2n) is 6.05. The molecular weight excluding hydrogens is 324 g/mol. The fourth-order valence-electron chi connectivity index (χ4n) is 3.19. The minimum atomic E-state index is -0.568. The number of nitro groups is 1. The van der Waals surface area contributed by atoms with Crippen molar-refractivity contribution in [2.75, 3.05) is 12.4 Å². The average Bonchev–Trinajstić information content (AvgIpc) is 3.09. The molecule has 8 nitrogen and oxygen atoms in total. The van der Waals surface area contributed by atoms with Crippen molar-refractivity contribution in [3.63, 3.8) is 0 Å². The third kappa shape index (κ3) is 3.62. The normalized spacial score (nSPS) is 14.9. The lowest BCUT2D eigenvalue weighted by atomic mass is 9.96. The zero-order chi connectivity index (χ0) is 17.8. The van der Waals surface area contributed by atoms with Gasteiger partial charge in [0.15, 0.2) is 5.75 Å². The van der Waals surface area contributed by atoms with Crippen LogP contribution in [-0.2, 0) is 0 Å². The zero-order valence-electron chi connectivity index (χ0n) is 14.0. The summed E-state index contributed by atoms with van der Waals surface area (Å²) in [6.45, 7) is 0. The number of hydrogen-bond acceptors (Lipinski definition) is 5. The van der Waals surface area contributed by atoms with Crippen LogP contribution in [0.2, 0.25) is 0 Å². The molecule has 25 heavy (non-hydrogen) atoms. The molecule has 1 amide bonds. The molecule has 0 bridgehead atoms. The second-order valence-corrected chi connectivity index (χ2v) is 6.05. The molecule has 1 aliphatic carbocycles. The molecule has 132 valence electrons. The van der Waals surface area contributed by atoms with Gasteiger partial charge in [0.1, 0.15) is 5.82 Å². The summed E-state index contributed by atoms with van der Waals surface area (Å²) in [7, 11) is 1.35. The molecule has 0 saturated heterocycles. The number of carbonyl (C=O) groups is 1. The SMILES string of the molecule is COc1ccc(C(=O)Nc2ccnn2C2CCCCC2)cc1[N+](=O)[O-]. The van der Waals surface area contributed by atoms with Crippen LogP contribution < -0.4 is 10.1 Å². The number of nitro benzene ring substituents is 1. The largest absolute Gasteiger partial charge is 0.490 e. The number of amides is 1. The van der Waals surface area contributed by atoms with Crippen LogP contribution in [0.5, 0.6) is 5.75 Å². The highest BCUT2D eigenvalue weighted by Crippen LogP contribution is 2.31. The first-order chi connectivity index (χ1) is 12.1. The van der Waals surface area contributed by atoms with E-state index >= 15 is 0 Å². The predicted octanol–water partition coefficient (Wildman–Crippen LogP) is 3.56. The minimum absolute atomic E-state index is 0.119. The summed E-state index contributed by atoms with van der Waals surface area (Å²) in [4.78, 5) is 23.1. The van der Waals surface area contributed by atoms with Gasteiger partial charge in [-0.05, 0) is 25.0 Å². The molecule has 1 aromatic carbocycles. The fourth-order valence-corrected chi connectivity index (χ4v) is 3.19. The summed E-state index contributed by atoms with van der Waals surface area (Å²) in [5.41, 5.74) is -0.0418. The molecule has 3 rings (SSSR count). The zero-order valence-corrected chi connectivity index (χ0v) is 14.0. The van der Waals surface area contributed by atoms with E-state index in [0.717, 1.165) is 25.7 Å². The number of nitrogens with zero attached hydrogens (tertiary/aromatic N) is 3.